The van der Waals surface area contributed by atoms with E-state index < -0.39 is 0 Å². The molecule has 0 saturated carbocycles. The van der Waals surface area contributed by atoms with Gasteiger partial charge in [-0.05, 0) is 30.2 Å². The SMILES string of the molecule is Cc1ccc(Cc2cc3c(cn2)C(C)(C)CN3C)c(F)c1. The van der Waals surface area contributed by atoms with E-state index in [-0.39, 0.29) is 11.2 Å². The summed E-state index contributed by atoms with van der Waals surface area (Å²) in [6.45, 7) is 7.36. The fourth-order valence-corrected chi connectivity index (χ4v) is 3.17. The third kappa shape index (κ3) is 2.53. The summed E-state index contributed by atoms with van der Waals surface area (Å²) in [6, 6.07) is 7.48. The molecule has 2 heterocycles. The first kappa shape index (κ1) is 14.1. The second kappa shape index (κ2) is 4.83. The number of anilines is 1. The number of halogens is 1. The predicted octanol–water partition coefficient (Wildman–Crippen LogP) is 3.85. The van der Waals surface area contributed by atoms with E-state index in [1.807, 2.05) is 25.3 Å². The van der Waals surface area contributed by atoms with Gasteiger partial charge in [0.15, 0.2) is 0 Å². The lowest BCUT2D eigenvalue weighted by Gasteiger charge is -2.18. The van der Waals surface area contributed by atoms with Crippen molar-refractivity contribution in [2.75, 3.05) is 18.5 Å². The first-order valence-electron chi connectivity index (χ1n) is 7.32. The zero-order valence-electron chi connectivity index (χ0n) is 13.1. The Morgan fingerprint density at radius 2 is 2.05 bits per heavy atom. The van der Waals surface area contributed by atoms with Crippen molar-refractivity contribution in [1.29, 1.82) is 0 Å². The molecule has 0 atom stereocenters. The number of aromatic nitrogens is 1. The standard InChI is InChI=1S/C18H21FN2/c1-12-5-6-13(16(19)7-12)8-14-9-17-15(10-20-14)18(2,3)11-21(17)4/h5-7,9-10H,8,11H2,1-4H3. The molecule has 0 bridgehead atoms. The number of hydrogen-bond acceptors (Lipinski definition) is 2. The van der Waals surface area contributed by atoms with Crippen LogP contribution in [0.4, 0.5) is 10.1 Å². The summed E-state index contributed by atoms with van der Waals surface area (Å²) >= 11 is 0. The number of aryl methyl sites for hydroxylation is 1. The van der Waals surface area contributed by atoms with E-state index in [9.17, 15) is 4.39 Å². The topological polar surface area (TPSA) is 16.1 Å². The lowest BCUT2D eigenvalue weighted by molar-refractivity contribution is 0.561. The molecular weight excluding hydrogens is 263 g/mol. The van der Waals surface area contributed by atoms with E-state index in [1.54, 1.807) is 6.07 Å². The van der Waals surface area contributed by atoms with Gasteiger partial charge in [0.2, 0.25) is 0 Å². The predicted molar refractivity (Wildman–Crippen MR) is 84.5 cm³/mol. The Morgan fingerprint density at radius 3 is 2.76 bits per heavy atom. The molecular formula is C18H21FN2. The van der Waals surface area contributed by atoms with Crippen LogP contribution in [0.3, 0.4) is 0 Å². The number of pyridine rings is 1. The highest BCUT2D eigenvalue weighted by atomic mass is 19.1. The Kier molecular flexibility index (Phi) is 3.23. The molecule has 1 aromatic carbocycles. The summed E-state index contributed by atoms with van der Waals surface area (Å²) < 4.78 is 14.0. The minimum Gasteiger partial charge on any atom is -0.373 e. The number of nitrogens with zero attached hydrogens (tertiary/aromatic N) is 2. The molecule has 0 spiro atoms. The van der Waals surface area contributed by atoms with E-state index in [2.05, 4.69) is 36.8 Å². The minimum absolute atomic E-state index is 0.130. The minimum atomic E-state index is -0.147. The number of hydrogen-bond donors (Lipinski definition) is 0. The van der Waals surface area contributed by atoms with Gasteiger partial charge in [0.05, 0.1) is 0 Å². The van der Waals surface area contributed by atoms with Crippen molar-refractivity contribution in [2.45, 2.75) is 32.6 Å². The van der Waals surface area contributed by atoms with Crippen molar-refractivity contribution >= 4 is 5.69 Å². The van der Waals surface area contributed by atoms with E-state index in [0.717, 1.165) is 17.8 Å². The third-order valence-electron chi connectivity index (χ3n) is 4.29. The average molecular weight is 284 g/mol. The molecule has 1 aliphatic rings. The monoisotopic (exact) mass is 284 g/mol. The molecule has 0 radical (unpaired) electrons. The van der Waals surface area contributed by atoms with Gasteiger partial charge in [-0.15, -0.1) is 0 Å². The second-order valence-corrected chi connectivity index (χ2v) is 6.70. The molecule has 0 amide bonds. The molecule has 2 nitrogen and oxygen atoms in total. The molecule has 3 rings (SSSR count). The molecule has 0 N–H and O–H groups in total. The molecule has 1 aliphatic heterocycles. The van der Waals surface area contributed by atoms with Gasteiger partial charge in [-0.2, -0.15) is 0 Å². The summed E-state index contributed by atoms with van der Waals surface area (Å²) in [4.78, 5) is 6.80. The maximum Gasteiger partial charge on any atom is 0.127 e. The van der Waals surface area contributed by atoms with Crippen LogP contribution in [-0.4, -0.2) is 18.6 Å². The van der Waals surface area contributed by atoms with Crippen molar-refractivity contribution in [3.8, 4) is 0 Å². The highest BCUT2D eigenvalue weighted by molar-refractivity contribution is 5.61. The molecule has 110 valence electrons. The lowest BCUT2D eigenvalue weighted by Crippen LogP contribution is -2.24. The van der Waals surface area contributed by atoms with Crippen LogP contribution in [0.5, 0.6) is 0 Å². The summed E-state index contributed by atoms with van der Waals surface area (Å²) in [5, 5.41) is 0. The highest BCUT2D eigenvalue weighted by Crippen LogP contribution is 2.39. The van der Waals surface area contributed by atoms with Gasteiger partial charge in [-0.25, -0.2) is 4.39 Å². The zero-order chi connectivity index (χ0) is 15.2. The summed E-state index contributed by atoms with van der Waals surface area (Å²) in [6.07, 6.45) is 2.49. The van der Waals surface area contributed by atoms with E-state index >= 15 is 0 Å². The van der Waals surface area contributed by atoms with E-state index in [0.29, 0.717) is 12.0 Å². The van der Waals surface area contributed by atoms with Crippen LogP contribution < -0.4 is 4.90 Å². The van der Waals surface area contributed by atoms with Crippen molar-refractivity contribution < 1.29 is 4.39 Å². The van der Waals surface area contributed by atoms with Gasteiger partial charge in [0, 0.05) is 48.6 Å². The molecule has 0 unspecified atom stereocenters. The number of fused-ring (bicyclic) bond motifs is 1. The number of benzene rings is 1. The number of likely N-dealkylation sites (N-methyl/N-ethyl adjacent to an activating group) is 1. The quantitative estimate of drug-likeness (QED) is 0.833. The first-order valence-corrected chi connectivity index (χ1v) is 7.32. The smallest absolute Gasteiger partial charge is 0.127 e. The normalized spacial score (nSPS) is 16.1. The van der Waals surface area contributed by atoms with Crippen molar-refractivity contribution in [2.24, 2.45) is 0 Å². The van der Waals surface area contributed by atoms with Crippen molar-refractivity contribution in [3.63, 3.8) is 0 Å². The Labute approximate surface area is 125 Å². The highest BCUT2D eigenvalue weighted by Gasteiger charge is 2.33. The van der Waals surface area contributed by atoms with Crippen LogP contribution in [0.25, 0.3) is 0 Å². The molecule has 21 heavy (non-hydrogen) atoms. The van der Waals surface area contributed by atoms with Crippen molar-refractivity contribution in [1.82, 2.24) is 4.98 Å². The Morgan fingerprint density at radius 1 is 1.29 bits per heavy atom. The van der Waals surface area contributed by atoms with Gasteiger partial charge >= 0.3 is 0 Å². The molecule has 2 aromatic rings. The van der Waals surface area contributed by atoms with Crippen LogP contribution in [0, 0.1) is 12.7 Å². The van der Waals surface area contributed by atoms with E-state index in [4.69, 9.17) is 0 Å². The van der Waals surface area contributed by atoms with Crippen LogP contribution in [0.2, 0.25) is 0 Å². The Hall–Kier alpha value is -1.90. The lowest BCUT2D eigenvalue weighted by atomic mass is 9.88. The molecule has 0 fully saturated rings. The molecule has 0 saturated heterocycles. The third-order valence-corrected chi connectivity index (χ3v) is 4.29. The van der Waals surface area contributed by atoms with Gasteiger partial charge in [0.1, 0.15) is 5.82 Å². The average Bonchev–Trinajstić information content (AvgIpc) is 2.63. The van der Waals surface area contributed by atoms with Crippen LogP contribution in [0.15, 0.2) is 30.5 Å². The van der Waals surface area contributed by atoms with Gasteiger partial charge in [-0.1, -0.05) is 26.0 Å². The van der Waals surface area contributed by atoms with Gasteiger partial charge in [-0.3, -0.25) is 4.98 Å². The van der Waals surface area contributed by atoms with E-state index in [1.165, 1.54) is 11.3 Å². The number of rotatable bonds is 2. The zero-order valence-corrected chi connectivity index (χ0v) is 13.1. The second-order valence-electron chi connectivity index (χ2n) is 6.70. The summed E-state index contributed by atoms with van der Waals surface area (Å²) in [5.74, 6) is -0.147. The Bertz CT molecular complexity index is 692. The molecule has 3 heteroatoms. The first-order chi connectivity index (χ1) is 9.87. The van der Waals surface area contributed by atoms with Crippen LogP contribution in [-0.2, 0) is 11.8 Å². The fourth-order valence-electron chi connectivity index (χ4n) is 3.17. The molecule has 1 aromatic heterocycles. The maximum atomic E-state index is 14.0. The Balaban J connectivity index is 1.93. The van der Waals surface area contributed by atoms with Gasteiger partial charge in [0.25, 0.3) is 0 Å². The van der Waals surface area contributed by atoms with Crippen LogP contribution >= 0.6 is 0 Å². The van der Waals surface area contributed by atoms with Crippen LogP contribution in [0.1, 0.15) is 36.2 Å². The summed E-state index contributed by atoms with van der Waals surface area (Å²) in [5.41, 5.74) is 5.19. The fraction of sp³-hybridized carbons (Fsp3) is 0.389. The summed E-state index contributed by atoms with van der Waals surface area (Å²) in [7, 11) is 2.10. The van der Waals surface area contributed by atoms with Crippen molar-refractivity contribution in [3.05, 3.63) is 58.7 Å². The van der Waals surface area contributed by atoms with Gasteiger partial charge < -0.3 is 4.90 Å². The largest absolute Gasteiger partial charge is 0.373 e. The molecule has 0 aliphatic carbocycles. The maximum absolute atomic E-state index is 14.0.